The Morgan fingerprint density at radius 1 is 0.960 bits per heavy atom. The molecule has 0 aliphatic heterocycles. The Morgan fingerprint density at radius 3 is 2.52 bits per heavy atom. The smallest absolute Gasteiger partial charge is 0.213 e. The maximum Gasteiger partial charge on any atom is 0.213 e. The second-order valence-corrected chi connectivity index (χ2v) is 5.94. The van der Waals surface area contributed by atoms with Crippen LogP contribution in [0.2, 0.25) is 5.02 Å². The highest BCUT2D eigenvalue weighted by Gasteiger charge is 2.12. The fourth-order valence-electron chi connectivity index (χ4n) is 2.69. The number of nitrogens with zero attached hydrogens (tertiary/aromatic N) is 2. The van der Waals surface area contributed by atoms with Gasteiger partial charge >= 0.3 is 0 Å². The summed E-state index contributed by atoms with van der Waals surface area (Å²) in [6, 6.07) is 15.2. The van der Waals surface area contributed by atoms with E-state index in [0.29, 0.717) is 21.9 Å². The van der Waals surface area contributed by atoms with Crippen molar-refractivity contribution in [3.05, 3.63) is 65.4 Å². The van der Waals surface area contributed by atoms with Crippen LogP contribution < -0.4 is 10.1 Å². The van der Waals surface area contributed by atoms with Crippen LogP contribution in [0.1, 0.15) is 0 Å². The molecular formula is C19H13ClFN3O. The molecule has 0 amide bonds. The number of methoxy groups -OCH3 is 1. The summed E-state index contributed by atoms with van der Waals surface area (Å²) in [5.41, 5.74) is 3.63. The molecule has 0 unspecified atom stereocenters. The zero-order chi connectivity index (χ0) is 17.4. The van der Waals surface area contributed by atoms with Gasteiger partial charge in [0.15, 0.2) is 0 Å². The van der Waals surface area contributed by atoms with E-state index in [1.807, 2.05) is 12.1 Å². The summed E-state index contributed by atoms with van der Waals surface area (Å²) in [6.45, 7) is 0. The summed E-state index contributed by atoms with van der Waals surface area (Å²) in [7, 11) is 1.56. The first-order valence-electron chi connectivity index (χ1n) is 7.60. The van der Waals surface area contributed by atoms with Gasteiger partial charge in [-0.25, -0.2) is 14.4 Å². The molecule has 0 spiro atoms. The quantitative estimate of drug-likeness (QED) is 0.506. The molecule has 2 aromatic heterocycles. The maximum atomic E-state index is 13.2. The Bertz CT molecular complexity index is 1080. The van der Waals surface area contributed by atoms with Crippen molar-refractivity contribution >= 4 is 44.9 Å². The minimum Gasteiger partial charge on any atom is -0.481 e. The second-order valence-electron chi connectivity index (χ2n) is 5.50. The Morgan fingerprint density at radius 2 is 1.76 bits per heavy atom. The van der Waals surface area contributed by atoms with Crippen molar-refractivity contribution in [3.63, 3.8) is 0 Å². The number of anilines is 2. The van der Waals surface area contributed by atoms with Crippen LogP contribution in [0.3, 0.4) is 0 Å². The van der Waals surface area contributed by atoms with Gasteiger partial charge in [0.2, 0.25) is 5.88 Å². The van der Waals surface area contributed by atoms with Crippen molar-refractivity contribution in [1.82, 2.24) is 9.97 Å². The SMILES string of the molecule is COc1ccc2nc3cc(Cl)ccc3c(Nc3ccc(F)cc3)c2n1. The van der Waals surface area contributed by atoms with Gasteiger partial charge in [-0.1, -0.05) is 11.6 Å². The van der Waals surface area contributed by atoms with Gasteiger partial charge in [-0.3, -0.25) is 0 Å². The van der Waals surface area contributed by atoms with Crippen LogP contribution in [0.25, 0.3) is 21.9 Å². The molecule has 0 radical (unpaired) electrons. The van der Waals surface area contributed by atoms with Crippen molar-refractivity contribution in [1.29, 1.82) is 0 Å². The largest absolute Gasteiger partial charge is 0.481 e. The molecule has 1 N–H and O–H groups in total. The van der Waals surface area contributed by atoms with E-state index in [1.165, 1.54) is 12.1 Å². The normalized spacial score (nSPS) is 11.0. The number of hydrogen-bond donors (Lipinski definition) is 1. The molecule has 0 aliphatic carbocycles. The summed E-state index contributed by atoms with van der Waals surface area (Å²) in [5.74, 6) is 0.200. The van der Waals surface area contributed by atoms with Crippen molar-refractivity contribution in [2.24, 2.45) is 0 Å². The highest BCUT2D eigenvalue weighted by atomic mass is 35.5. The predicted molar refractivity (Wildman–Crippen MR) is 98.3 cm³/mol. The molecule has 0 saturated heterocycles. The van der Waals surface area contributed by atoms with Gasteiger partial charge in [-0.15, -0.1) is 0 Å². The van der Waals surface area contributed by atoms with E-state index < -0.39 is 0 Å². The Balaban J connectivity index is 1.99. The lowest BCUT2D eigenvalue weighted by Gasteiger charge is -2.13. The Kier molecular flexibility index (Phi) is 3.86. The minimum absolute atomic E-state index is 0.290. The number of ether oxygens (including phenoxy) is 1. The summed E-state index contributed by atoms with van der Waals surface area (Å²) < 4.78 is 18.4. The molecular weight excluding hydrogens is 341 g/mol. The average molecular weight is 354 g/mol. The van der Waals surface area contributed by atoms with Crippen LogP contribution in [0.4, 0.5) is 15.8 Å². The topological polar surface area (TPSA) is 47.0 Å². The fourth-order valence-corrected chi connectivity index (χ4v) is 2.86. The molecule has 4 aromatic rings. The molecule has 6 heteroatoms. The van der Waals surface area contributed by atoms with Crippen molar-refractivity contribution in [2.75, 3.05) is 12.4 Å². The first-order chi connectivity index (χ1) is 12.1. The number of fused-ring (bicyclic) bond motifs is 2. The molecule has 4 rings (SSSR count). The number of benzene rings is 2. The predicted octanol–water partition coefficient (Wildman–Crippen LogP) is 5.33. The molecule has 0 saturated carbocycles. The Hall–Kier alpha value is -2.92. The van der Waals surface area contributed by atoms with Gasteiger partial charge < -0.3 is 10.1 Å². The third-order valence-electron chi connectivity index (χ3n) is 3.88. The summed E-state index contributed by atoms with van der Waals surface area (Å²) in [6.07, 6.45) is 0. The highest BCUT2D eigenvalue weighted by molar-refractivity contribution is 6.31. The van der Waals surface area contributed by atoms with Crippen LogP contribution in [0, 0.1) is 5.82 Å². The Labute approximate surface area is 148 Å². The van der Waals surface area contributed by atoms with Gasteiger partial charge in [-0.05, 0) is 48.5 Å². The molecule has 25 heavy (non-hydrogen) atoms. The number of aromatic nitrogens is 2. The zero-order valence-corrected chi connectivity index (χ0v) is 14.0. The maximum absolute atomic E-state index is 13.2. The molecule has 0 bridgehead atoms. The first-order valence-corrected chi connectivity index (χ1v) is 7.98. The van der Waals surface area contributed by atoms with E-state index in [1.54, 1.807) is 37.4 Å². The van der Waals surface area contributed by atoms with Gasteiger partial charge in [-0.2, -0.15) is 0 Å². The fraction of sp³-hybridized carbons (Fsp3) is 0.0526. The monoisotopic (exact) mass is 353 g/mol. The van der Waals surface area contributed by atoms with Crippen LogP contribution in [0.15, 0.2) is 54.6 Å². The third-order valence-corrected chi connectivity index (χ3v) is 4.11. The van der Waals surface area contributed by atoms with Gasteiger partial charge in [0.1, 0.15) is 11.3 Å². The van der Waals surface area contributed by atoms with Gasteiger partial charge in [0, 0.05) is 22.2 Å². The van der Waals surface area contributed by atoms with Gasteiger partial charge in [0.05, 0.1) is 23.8 Å². The molecule has 2 aromatic carbocycles. The first kappa shape index (κ1) is 15.6. The van der Waals surface area contributed by atoms with E-state index in [4.69, 9.17) is 16.3 Å². The molecule has 0 fully saturated rings. The number of pyridine rings is 2. The molecule has 0 atom stereocenters. The second kappa shape index (κ2) is 6.18. The number of halogens is 2. The van der Waals surface area contributed by atoms with Crippen molar-refractivity contribution < 1.29 is 9.13 Å². The van der Waals surface area contributed by atoms with Crippen LogP contribution in [-0.4, -0.2) is 17.1 Å². The number of nitrogens with one attached hydrogen (secondary N) is 1. The molecule has 0 aliphatic rings. The molecule has 124 valence electrons. The van der Waals surface area contributed by atoms with Crippen molar-refractivity contribution in [2.45, 2.75) is 0 Å². The van der Waals surface area contributed by atoms with E-state index in [0.717, 1.165) is 22.3 Å². The van der Waals surface area contributed by atoms with Gasteiger partial charge in [0.25, 0.3) is 0 Å². The zero-order valence-electron chi connectivity index (χ0n) is 13.3. The van der Waals surface area contributed by atoms with Crippen LogP contribution in [0.5, 0.6) is 5.88 Å². The lowest BCUT2D eigenvalue weighted by Crippen LogP contribution is -1.98. The van der Waals surface area contributed by atoms with Crippen molar-refractivity contribution in [3.8, 4) is 5.88 Å². The minimum atomic E-state index is -0.290. The highest BCUT2D eigenvalue weighted by Crippen LogP contribution is 2.34. The van der Waals surface area contributed by atoms with Crippen LogP contribution in [-0.2, 0) is 0 Å². The lowest BCUT2D eigenvalue weighted by molar-refractivity contribution is 0.399. The number of rotatable bonds is 3. The summed E-state index contributed by atoms with van der Waals surface area (Å²) in [5, 5.41) is 4.79. The number of hydrogen-bond acceptors (Lipinski definition) is 4. The van der Waals surface area contributed by atoms with Crippen LogP contribution >= 0.6 is 11.6 Å². The van der Waals surface area contributed by atoms with E-state index in [2.05, 4.69) is 15.3 Å². The third kappa shape index (κ3) is 2.94. The molecule has 4 nitrogen and oxygen atoms in total. The average Bonchev–Trinajstić information content (AvgIpc) is 2.62. The standard InChI is InChI=1S/C19H13ClFN3O/c1-25-17-9-8-15-19(24-17)18(22-13-5-3-12(21)4-6-13)14-7-2-11(20)10-16(14)23-15/h2-10H,1H3,(H,22,23). The summed E-state index contributed by atoms with van der Waals surface area (Å²) >= 11 is 6.11. The van der Waals surface area contributed by atoms with E-state index in [9.17, 15) is 4.39 Å². The molecule has 2 heterocycles. The van der Waals surface area contributed by atoms with E-state index in [-0.39, 0.29) is 5.82 Å². The lowest BCUT2D eigenvalue weighted by atomic mass is 10.1. The summed E-state index contributed by atoms with van der Waals surface area (Å²) in [4.78, 5) is 9.15. The van der Waals surface area contributed by atoms with E-state index >= 15 is 0 Å².